The second-order valence-corrected chi connectivity index (χ2v) is 5.43. The first kappa shape index (κ1) is 10.3. The molecule has 1 aromatic heterocycles. The molecule has 2 aliphatic carbocycles. The monoisotopic (exact) mass is 221 g/mol. The molecule has 3 rings (SSSR count). The fourth-order valence-electron chi connectivity index (χ4n) is 2.34. The Hall–Kier alpha value is -0.900. The van der Waals surface area contributed by atoms with E-state index < -0.39 is 0 Å². The Kier molecular flexibility index (Phi) is 2.46. The molecule has 2 saturated carbocycles. The molecule has 4 heteroatoms. The van der Waals surface area contributed by atoms with Crippen molar-refractivity contribution in [1.29, 1.82) is 0 Å². The fraction of sp³-hybridized carbons (Fsp3) is 0.833. The average molecular weight is 221 g/mol. The molecule has 1 N–H and O–H groups in total. The molecule has 0 bridgehead atoms. The number of nitrogens with one attached hydrogen (secondary N) is 1. The summed E-state index contributed by atoms with van der Waals surface area (Å²) in [4.78, 5) is 4.46. The van der Waals surface area contributed by atoms with Gasteiger partial charge in [-0.25, -0.2) is 0 Å². The lowest BCUT2D eigenvalue weighted by molar-refractivity contribution is 0.350. The van der Waals surface area contributed by atoms with Crippen molar-refractivity contribution < 1.29 is 4.52 Å². The minimum Gasteiger partial charge on any atom is -0.338 e. The number of aromatic nitrogens is 2. The Morgan fingerprint density at radius 1 is 1.38 bits per heavy atom. The molecule has 4 nitrogen and oxygen atoms in total. The van der Waals surface area contributed by atoms with Crippen molar-refractivity contribution in [2.24, 2.45) is 0 Å². The predicted octanol–water partition coefficient (Wildman–Crippen LogP) is 2.15. The maximum absolute atomic E-state index is 5.27. The molecule has 0 atom stereocenters. The average Bonchev–Trinajstić information content (AvgIpc) is 2.80. The minimum atomic E-state index is 0.217. The second kappa shape index (κ2) is 3.84. The summed E-state index contributed by atoms with van der Waals surface area (Å²) in [5, 5.41) is 7.56. The van der Waals surface area contributed by atoms with Crippen molar-refractivity contribution in [3.05, 3.63) is 11.7 Å². The van der Waals surface area contributed by atoms with Gasteiger partial charge in [-0.15, -0.1) is 0 Å². The summed E-state index contributed by atoms with van der Waals surface area (Å²) in [6.07, 6.45) is 7.68. The van der Waals surface area contributed by atoms with E-state index in [-0.39, 0.29) is 5.41 Å². The van der Waals surface area contributed by atoms with Crippen molar-refractivity contribution in [2.75, 3.05) is 0 Å². The summed E-state index contributed by atoms with van der Waals surface area (Å²) in [6, 6.07) is 0.659. The maximum Gasteiger partial charge on any atom is 0.240 e. The maximum atomic E-state index is 5.27. The van der Waals surface area contributed by atoms with Gasteiger partial charge in [0.1, 0.15) is 0 Å². The normalized spacial score (nSPS) is 23.8. The van der Waals surface area contributed by atoms with Crippen molar-refractivity contribution >= 4 is 0 Å². The Morgan fingerprint density at radius 3 is 2.81 bits per heavy atom. The smallest absolute Gasteiger partial charge is 0.240 e. The van der Waals surface area contributed by atoms with Crippen LogP contribution in [0.2, 0.25) is 0 Å². The third kappa shape index (κ3) is 1.98. The Morgan fingerprint density at radius 2 is 2.12 bits per heavy atom. The van der Waals surface area contributed by atoms with Gasteiger partial charge >= 0.3 is 0 Å². The first-order valence-corrected chi connectivity index (χ1v) is 6.33. The van der Waals surface area contributed by atoms with Gasteiger partial charge in [0.05, 0.1) is 6.54 Å². The standard InChI is InChI=1S/C12H19N3O/c1-12(6-7-12)11-14-10(16-15-11)8-13-9-4-2-3-5-9/h9,13H,2-8H2,1H3. The third-order valence-corrected chi connectivity index (χ3v) is 3.91. The van der Waals surface area contributed by atoms with Crippen LogP contribution < -0.4 is 5.32 Å². The fourth-order valence-corrected chi connectivity index (χ4v) is 2.34. The minimum absolute atomic E-state index is 0.217. The van der Waals surface area contributed by atoms with Gasteiger partial charge in [-0.05, 0) is 25.7 Å². The summed E-state index contributed by atoms with van der Waals surface area (Å²) >= 11 is 0. The van der Waals surface area contributed by atoms with Gasteiger partial charge in [0.25, 0.3) is 0 Å². The van der Waals surface area contributed by atoms with Crippen LogP contribution in [0.1, 0.15) is 57.2 Å². The molecule has 0 radical (unpaired) electrons. The second-order valence-electron chi connectivity index (χ2n) is 5.43. The van der Waals surface area contributed by atoms with Crippen molar-refractivity contribution in [2.45, 2.75) is 63.5 Å². The number of hydrogen-bond donors (Lipinski definition) is 1. The summed E-state index contributed by atoms with van der Waals surface area (Å²) in [7, 11) is 0. The lowest BCUT2D eigenvalue weighted by Crippen LogP contribution is -2.25. The zero-order chi connectivity index (χ0) is 11.0. The molecule has 0 aromatic carbocycles. The van der Waals surface area contributed by atoms with Crippen molar-refractivity contribution in [3.63, 3.8) is 0 Å². The Bertz CT molecular complexity index is 364. The molecule has 2 fully saturated rings. The molecule has 88 valence electrons. The molecule has 16 heavy (non-hydrogen) atoms. The van der Waals surface area contributed by atoms with Crippen LogP contribution in [0.15, 0.2) is 4.52 Å². The van der Waals surface area contributed by atoms with Gasteiger partial charge in [-0.2, -0.15) is 4.98 Å². The third-order valence-electron chi connectivity index (χ3n) is 3.91. The first-order valence-electron chi connectivity index (χ1n) is 6.33. The lowest BCUT2D eigenvalue weighted by Gasteiger charge is -2.08. The predicted molar refractivity (Wildman–Crippen MR) is 60.0 cm³/mol. The molecule has 1 aromatic rings. The van der Waals surface area contributed by atoms with E-state index in [0.29, 0.717) is 6.04 Å². The van der Waals surface area contributed by atoms with Crippen LogP contribution in [0.5, 0.6) is 0 Å². The van der Waals surface area contributed by atoms with Gasteiger partial charge in [0.2, 0.25) is 5.89 Å². The quantitative estimate of drug-likeness (QED) is 0.846. The van der Waals surface area contributed by atoms with E-state index in [4.69, 9.17) is 4.52 Å². The van der Waals surface area contributed by atoms with Crippen LogP contribution in [0, 0.1) is 0 Å². The van der Waals surface area contributed by atoms with Crippen LogP contribution in [0.4, 0.5) is 0 Å². The van der Waals surface area contributed by atoms with Gasteiger partial charge < -0.3 is 9.84 Å². The molecule has 0 saturated heterocycles. The summed E-state index contributed by atoms with van der Waals surface area (Å²) in [6.45, 7) is 2.93. The van der Waals surface area contributed by atoms with E-state index in [0.717, 1.165) is 18.3 Å². The van der Waals surface area contributed by atoms with Gasteiger partial charge in [-0.1, -0.05) is 24.9 Å². The SMILES string of the molecule is CC1(c2noc(CNC3CCCC3)n2)CC1. The summed E-state index contributed by atoms with van der Waals surface area (Å²) in [5.41, 5.74) is 0.217. The zero-order valence-corrected chi connectivity index (χ0v) is 9.83. The molecule has 0 amide bonds. The summed E-state index contributed by atoms with van der Waals surface area (Å²) < 4.78 is 5.27. The number of rotatable bonds is 4. The van der Waals surface area contributed by atoms with E-state index in [2.05, 4.69) is 22.4 Å². The zero-order valence-electron chi connectivity index (χ0n) is 9.83. The molecular weight excluding hydrogens is 202 g/mol. The highest BCUT2D eigenvalue weighted by molar-refractivity contribution is 5.14. The van der Waals surface area contributed by atoms with Crippen molar-refractivity contribution in [1.82, 2.24) is 15.5 Å². The van der Waals surface area contributed by atoms with E-state index in [1.54, 1.807) is 0 Å². The molecule has 0 unspecified atom stereocenters. The van der Waals surface area contributed by atoms with Crippen LogP contribution in [0.3, 0.4) is 0 Å². The van der Waals surface area contributed by atoms with E-state index >= 15 is 0 Å². The van der Waals surface area contributed by atoms with Gasteiger partial charge in [0, 0.05) is 11.5 Å². The van der Waals surface area contributed by atoms with Crippen LogP contribution in [-0.2, 0) is 12.0 Å². The van der Waals surface area contributed by atoms with Crippen LogP contribution >= 0.6 is 0 Å². The van der Waals surface area contributed by atoms with E-state index in [1.807, 2.05) is 0 Å². The van der Waals surface area contributed by atoms with Gasteiger partial charge in [-0.3, -0.25) is 0 Å². The first-order chi connectivity index (χ1) is 7.76. The molecule has 0 aliphatic heterocycles. The number of nitrogens with zero attached hydrogens (tertiary/aromatic N) is 2. The molecule has 2 aliphatic rings. The Balaban J connectivity index is 1.56. The van der Waals surface area contributed by atoms with Crippen molar-refractivity contribution in [3.8, 4) is 0 Å². The van der Waals surface area contributed by atoms with E-state index in [9.17, 15) is 0 Å². The highest BCUT2D eigenvalue weighted by Gasteiger charge is 2.43. The van der Waals surface area contributed by atoms with Crippen LogP contribution in [0.25, 0.3) is 0 Å². The van der Waals surface area contributed by atoms with E-state index in [1.165, 1.54) is 38.5 Å². The number of hydrogen-bond acceptors (Lipinski definition) is 4. The summed E-state index contributed by atoms with van der Waals surface area (Å²) in [5.74, 6) is 1.64. The molecular formula is C12H19N3O. The van der Waals surface area contributed by atoms with Gasteiger partial charge in [0.15, 0.2) is 5.82 Å². The molecule has 0 spiro atoms. The highest BCUT2D eigenvalue weighted by atomic mass is 16.5. The highest BCUT2D eigenvalue weighted by Crippen LogP contribution is 2.45. The largest absolute Gasteiger partial charge is 0.338 e. The lowest BCUT2D eigenvalue weighted by atomic mass is 10.1. The molecule has 1 heterocycles. The topological polar surface area (TPSA) is 51.0 Å². The Labute approximate surface area is 95.8 Å². The van der Waals surface area contributed by atoms with Crippen LogP contribution in [-0.4, -0.2) is 16.2 Å².